The lowest BCUT2D eigenvalue weighted by atomic mass is 9.89. The van der Waals surface area contributed by atoms with Crippen molar-refractivity contribution < 1.29 is 28.7 Å². The fourth-order valence-electron chi connectivity index (χ4n) is 5.86. The monoisotopic (exact) mass is 515 g/mol. The molecule has 3 aliphatic rings. The highest BCUT2D eigenvalue weighted by molar-refractivity contribution is 6.38. The van der Waals surface area contributed by atoms with E-state index >= 15 is 0 Å². The van der Waals surface area contributed by atoms with Gasteiger partial charge >= 0.3 is 5.97 Å². The van der Waals surface area contributed by atoms with Gasteiger partial charge in [0.1, 0.15) is 17.9 Å². The third-order valence-corrected chi connectivity index (χ3v) is 7.92. The minimum absolute atomic E-state index is 0.0476. The van der Waals surface area contributed by atoms with Gasteiger partial charge in [-0.15, -0.1) is 6.58 Å². The van der Waals surface area contributed by atoms with Crippen molar-refractivity contribution >= 4 is 23.4 Å². The summed E-state index contributed by atoms with van der Waals surface area (Å²) in [5.74, 6) is -1.17. The molecule has 3 heterocycles. The number of carbonyl (C=O) groups excluding carboxylic acids is 4. The first kappa shape index (κ1) is 29.3. The Kier molecular flexibility index (Phi) is 11.6. The van der Waals surface area contributed by atoms with Crippen molar-refractivity contribution in [2.75, 3.05) is 13.2 Å². The highest BCUT2D eigenvalue weighted by Crippen LogP contribution is 2.28. The summed E-state index contributed by atoms with van der Waals surface area (Å²) >= 11 is 0. The van der Waals surface area contributed by atoms with Gasteiger partial charge in [-0.2, -0.15) is 0 Å². The first-order valence-corrected chi connectivity index (χ1v) is 14.3. The molecule has 2 fully saturated rings. The number of hydrogen-bond donors (Lipinski definition) is 0. The van der Waals surface area contributed by atoms with Gasteiger partial charge in [-0.3, -0.25) is 14.4 Å². The minimum Gasteiger partial charge on any atom is -0.464 e. The Balaban J connectivity index is 1.75. The van der Waals surface area contributed by atoms with Gasteiger partial charge in [0.2, 0.25) is 5.78 Å². The zero-order valence-electron chi connectivity index (χ0n) is 22.8. The molecule has 0 N–H and O–H groups in total. The quantitative estimate of drug-likeness (QED) is 0.288. The van der Waals surface area contributed by atoms with E-state index in [1.807, 2.05) is 0 Å². The molecular weight excluding hydrogens is 470 g/mol. The molecule has 0 saturated carbocycles. The maximum absolute atomic E-state index is 13.2. The van der Waals surface area contributed by atoms with E-state index in [1.165, 1.54) is 10.5 Å². The molecular formula is C30H45NO6. The lowest BCUT2D eigenvalue weighted by molar-refractivity contribution is -0.164. The normalized spacial score (nSPS) is 33.4. The predicted octanol–water partition coefficient (Wildman–Crippen LogP) is 5.12. The summed E-state index contributed by atoms with van der Waals surface area (Å²) in [6.45, 7) is 8.70. The van der Waals surface area contributed by atoms with Crippen LogP contribution in [0, 0.1) is 11.8 Å². The smallest absolute Gasteiger partial charge is 0.328 e. The van der Waals surface area contributed by atoms with Crippen LogP contribution in [0.4, 0.5) is 0 Å². The Labute approximate surface area is 222 Å². The molecule has 5 atom stereocenters. The molecule has 3 rings (SSSR count). The first-order chi connectivity index (χ1) is 17.8. The van der Waals surface area contributed by atoms with Crippen molar-refractivity contribution in [3.8, 4) is 0 Å². The van der Waals surface area contributed by atoms with Crippen LogP contribution in [0.5, 0.6) is 0 Å². The first-order valence-electron chi connectivity index (χ1n) is 14.3. The van der Waals surface area contributed by atoms with Crippen LogP contribution in [0.25, 0.3) is 0 Å². The highest BCUT2D eigenvalue weighted by atomic mass is 16.5. The molecule has 0 aromatic heterocycles. The molecule has 206 valence electrons. The van der Waals surface area contributed by atoms with Crippen LogP contribution in [0.2, 0.25) is 0 Å². The molecule has 0 aliphatic carbocycles. The van der Waals surface area contributed by atoms with Crippen molar-refractivity contribution in [2.45, 2.75) is 116 Å². The molecule has 7 heteroatoms. The van der Waals surface area contributed by atoms with Crippen LogP contribution >= 0.6 is 0 Å². The molecule has 7 nitrogen and oxygen atoms in total. The van der Waals surface area contributed by atoms with Gasteiger partial charge in [-0.1, -0.05) is 24.6 Å². The van der Waals surface area contributed by atoms with Crippen LogP contribution in [-0.4, -0.2) is 59.7 Å². The number of amides is 1. The largest absolute Gasteiger partial charge is 0.464 e. The summed E-state index contributed by atoms with van der Waals surface area (Å²) in [6.07, 6.45) is 12.4. The Bertz CT molecular complexity index is 864. The fourth-order valence-corrected chi connectivity index (χ4v) is 5.86. The standard InChI is InChI=1S/C30H45NO6/c1-4-10-23-20-22(3)19-21(2)15-16-24-11-9-14-27(37-24)28(33)29(34)31-17-7-5-12-25(31)30(35)36-18-8-6-13-26(23)32/h4,20-21,23-25,27H,1,5-19H2,2-3H3/b22-20+. The zero-order valence-corrected chi connectivity index (χ0v) is 22.8. The average Bonchev–Trinajstić information content (AvgIpc) is 2.90. The van der Waals surface area contributed by atoms with Crippen LogP contribution in [-0.2, 0) is 28.7 Å². The number of carbonyl (C=O) groups is 4. The van der Waals surface area contributed by atoms with Crippen molar-refractivity contribution in [2.24, 2.45) is 11.8 Å². The predicted molar refractivity (Wildman–Crippen MR) is 142 cm³/mol. The zero-order chi connectivity index (χ0) is 26.8. The van der Waals surface area contributed by atoms with E-state index in [-0.39, 0.29) is 24.4 Å². The van der Waals surface area contributed by atoms with Crippen LogP contribution in [0.15, 0.2) is 24.3 Å². The second kappa shape index (κ2) is 14.6. The van der Waals surface area contributed by atoms with E-state index < -0.39 is 29.8 Å². The molecule has 0 radical (unpaired) electrons. The molecule has 0 spiro atoms. The molecule has 2 saturated heterocycles. The van der Waals surface area contributed by atoms with Crippen molar-refractivity contribution in [3.05, 3.63) is 24.3 Å². The molecule has 37 heavy (non-hydrogen) atoms. The number of hydrogen-bond acceptors (Lipinski definition) is 6. The lowest BCUT2D eigenvalue weighted by Crippen LogP contribution is -2.53. The van der Waals surface area contributed by atoms with E-state index in [1.54, 1.807) is 6.08 Å². The second-order valence-corrected chi connectivity index (χ2v) is 11.2. The second-order valence-electron chi connectivity index (χ2n) is 11.2. The number of nitrogens with zero attached hydrogens (tertiary/aromatic N) is 1. The molecule has 5 unspecified atom stereocenters. The highest BCUT2D eigenvalue weighted by Gasteiger charge is 2.40. The molecule has 3 aliphatic heterocycles. The van der Waals surface area contributed by atoms with E-state index in [2.05, 4.69) is 26.5 Å². The number of ketones is 2. The molecule has 0 aromatic rings. The van der Waals surface area contributed by atoms with Gasteiger partial charge < -0.3 is 14.4 Å². The molecule has 2 bridgehead atoms. The number of cyclic esters (lactones) is 1. The summed E-state index contributed by atoms with van der Waals surface area (Å²) in [7, 11) is 0. The van der Waals surface area contributed by atoms with E-state index in [0.717, 1.165) is 44.9 Å². The fraction of sp³-hybridized carbons (Fsp3) is 0.733. The van der Waals surface area contributed by atoms with E-state index in [9.17, 15) is 19.2 Å². The summed E-state index contributed by atoms with van der Waals surface area (Å²) in [5.41, 5.74) is 1.20. The Morgan fingerprint density at radius 1 is 1.00 bits per heavy atom. The van der Waals surface area contributed by atoms with Crippen molar-refractivity contribution in [1.82, 2.24) is 4.90 Å². The minimum atomic E-state index is -0.735. The Morgan fingerprint density at radius 3 is 2.59 bits per heavy atom. The number of piperidine rings is 1. The van der Waals surface area contributed by atoms with Gasteiger partial charge in [0, 0.05) is 18.9 Å². The summed E-state index contributed by atoms with van der Waals surface area (Å²) in [6, 6.07) is -0.730. The topological polar surface area (TPSA) is 90.0 Å². The van der Waals surface area contributed by atoms with Gasteiger partial charge in [0.15, 0.2) is 0 Å². The summed E-state index contributed by atoms with van der Waals surface area (Å²) in [4.78, 5) is 53.5. The maximum atomic E-state index is 13.2. The number of Topliss-reactive ketones (excluding diaryl/α,β-unsaturated/α-hetero) is 2. The number of ether oxygens (including phenoxy) is 2. The average molecular weight is 516 g/mol. The van der Waals surface area contributed by atoms with Gasteiger partial charge in [0.25, 0.3) is 5.91 Å². The van der Waals surface area contributed by atoms with Crippen LogP contribution < -0.4 is 0 Å². The van der Waals surface area contributed by atoms with E-state index in [4.69, 9.17) is 9.47 Å². The van der Waals surface area contributed by atoms with Crippen LogP contribution in [0.3, 0.4) is 0 Å². The summed E-state index contributed by atoms with van der Waals surface area (Å²) in [5, 5.41) is 0. The maximum Gasteiger partial charge on any atom is 0.328 e. The van der Waals surface area contributed by atoms with Crippen molar-refractivity contribution in [3.63, 3.8) is 0 Å². The third kappa shape index (κ3) is 8.62. The lowest BCUT2D eigenvalue weighted by Gasteiger charge is -2.35. The number of esters is 1. The van der Waals surface area contributed by atoms with Gasteiger partial charge in [-0.25, -0.2) is 4.79 Å². The SMILES string of the molecule is C=CCC1/C=C(\C)CC(C)CCC2CCCC(O2)C(=O)C(=O)N2CCCCC2C(=O)OCCCCC1=O. The number of fused-ring (bicyclic) bond motifs is 3. The van der Waals surface area contributed by atoms with Gasteiger partial charge in [-0.05, 0) is 89.9 Å². The number of rotatable bonds is 2. The summed E-state index contributed by atoms with van der Waals surface area (Å²) < 4.78 is 11.6. The van der Waals surface area contributed by atoms with Crippen LogP contribution in [0.1, 0.15) is 97.3 Å². The van der Waals surface area contributed by atoms with Crippen molar-refractivity contribution in [1.29, 1.82) is 0 Å². The third-order valence-electron chi connectivity index (χ3n) is 7.92. The van der Waals surface area contributed by atoms with E-state index in [0.29, 0.717) is 51.0 Å². The molecule has 0 aromatic carbocycles. The Morgan fingerprint density at radius 2 is 1.81 bits per heavy atom. The van der Waals surface area contributed by atoms with Gasteiger partial charge in [0.05, 0.1) is 12.7 Å². The Hall–Kier alpha value is -2.28. The molecule has 1 amide bonds. The number of allylic oxidation sites excluding steroid dienone is 3.